The highest BCUT2D eigenvalue weighted by Crippen LogP contribution is 2.37. The summed E-state index contributed by atoms with van der Waals surface area (Å²) in [5.41, 5.74) is 2.25. The van der Waals surface area contributed by atoms with Crippen LogP contribution in [0.1, 0.15) is 63.9 Å². The summed E-state index contributed by atoms with van der Waals surface area (Å²) in [5, 5.41) is 5.97. The van der Waals surface area contributed by atoms with Crippen LogP contribution in [0.15, 0.2) is 36.4 Å². The third kappa shape index (κ3) is 5.97. The average Bonchev–Trinajstić information content (AvgIpc) is 3.54. The molecular weight excluding hydrogens is 519 g/mol. The van der Waals surface area contributed by atoms with E-state index in [0.29, 0.717) is 26.0 Å². The Hall–Kier alpha value is -2.97. The van der Waals surface area contributed by atoms with Gasteiger partial charge in [0.05, 0.1) is 28.1 Å². The summed E-state index contributed by atoms with van der Waals surface area (Å²) in [4.78, 5) is 34.6. The lowest BCUT2D eigenvalue weighted by atomic mass is 9.78. The number of hydrogen-bond donors (Lipinski definition) is 3. The first kappa shape index (κ1) is 29.0. The predicted molar refractivity (Wildman–Crippen MR) is 151 cm³/mol. The van der Waals surface area contributed by atoms with Gasteiger partial charge in [-0.2, -0.15) is 0 Å². The first-order valence-electron chi connectivity index (χ1n) is 13.7. The first-order chi connectivity index (χ1) is 18.6. The van der Waals surface area contributed by atoms with Crippen molar-refractivity contribution in [2.45, 2.75) is 64.8 Å². The van der Waals surface area contributed by atoms with Gasteiger partial charge in [-0.1, -0.05) is 57.5 Å². The van der Waals surface area contributed by atoms with Crippen molar-refractivity contribution in [3.05, 3.63) is 64.2 Å². The summed E-state index contributed by atoms with van der Waals surface area (Å²) < 4.78 is 19.9. The van der Waals surface area contributed by atoms with Crippen molar-refractivity contribution in [2.24, 2.45) is 11.8 Å². The molecule has 4 rings (SSSR count). The van der Waals surface area contributed by atoms with Crippen LogP contribution in [0.5, 0.6) is 0 Å². The van der Waals surface area contributed by atoms with E-state index in [9.17, 15) is 14.0 Å². The van der Waals surface area contributed by atoms with E-state index in [-0.39, 0.29) is 41.2 Å². The number of hydrogen-bond acceptors (Lipinski definition) is 4. The van der Waals surface area contributed by atoms with Crippen LogP contribution in [-0.4, -0.2) is 47.6 Å². The summed E-state index contributed by atoms with van der Waals surface area (Å²) in [6.07, 6.45) is 1.07. The van der Waals surface area contributed by atoms with Gasteiger partial charge in [0.15, 0.2) is 0 Å². The highest BCUT2D eigenvalue weighted by atomic mass is 35.5. The van der Waals surface area contributed by atoms with Gasteiger partial charge in [0.2, 0.25) is 11.8 Å². The molecule has 3 aromatic rings. The largest absolute Gasteiger partial charge is 0.380 e. The van der Waals surface area contributed by atoms with Crippen LogP contribution < -0.4 is 10.6 Å². The summed E-state index contributed by atoms with van der Waals surface area (Å²) in [6.45, 7) is 11.0. The van der Waals surface area contributed by atoms with Crippen molar-refractivity contribution < 1.29 is 18.7 Å². The van der Waals surface area contributed by atoms with Gasteiger partial charge in [0.25, 0.3) is 0 Å². The lowest BCUT2D eigenvalue weighted by Gasteiger charge is -2.30. The summed E-state index contributed by atoms with van der Waals surface area (Å²) >= 11 is 6.33. The molecule has 1 fully saturated rings. The van der Waals surface area contributed by atoms with E-state index in [1.54, 1.807) is 6.07 Å². The van der Waals surface area contributed by atoms with Crippen molar-refractivity contribution in [3.8, 4) is 0 Å². The maximum Gasteiger partial charge on any atom is 0.242 e. The third-order valence-electron chi connectivity index (χ3n) is 7.73. The lowest BCUT2D eigenvalue weighted by molar-refractivity contribution is -0.133. The number of aromatic nitrogens is 2. The molecule has 3 atom stereocenters. The maximum atomic E-state index is 14.2. The number of likely N-dealkylation sites (N-methyl/N-ethyl adjacent to an activating group) is 1. The minimum atomic E-state index is -0.908. The molecule has 0 spiro atoms. The average molecular weight is 557 g/mol. The van der Waals surface area contributed by atoms with Gasteiger partial charge in [-0.25, -0.2) is 9.37 Å². The van der Waals surface area contributed by atoms with E-state index in [2.05, 4.69) is 29.5 Å². The molecule has 1 aromatic heterocycles. The van der Waals surface area contributed by atoms with Crippen LogP contribution in [0.3, 0.4) is 0 Å². The Morgan fingerprint density at radius 1 is 1.18 bits per heavy atom. The molecule has 2 heterocycles. The van der Waals surface area contributed by atoms with E-state index in [0.717, 1.165) is 28.0 Å². The second kappa shape index (κ2) is 12.0. The van der Waals surface area contributed by atoms with Crippen LogP contribution in [-0.2, 0) is 26.2 Å². The molecule has 2 aromatic carbocycles. The van der Waals surface area contributed by atoms with Crippen LogP contribution in [0, 0.1) is 17.7 Å². The van der Waals surface area contributed by atoms with Crippen LogP contribution in [0.4, 0.5) is 4.39 Å². The Bertz CT molecular complexity index is 1330. The molecule has 7 nitrogen and oxygen atoms in total. The number of carbonyl (C=O) groups excluding carboxylic acids is 2. The molecule has 1 saturated heterocycles. The second-order valence-electron chi connectivity index (χ2n) is 11.1. The number of nitrogens with one attached hydrogen (secondary N) is 3. The molecule has 0 saturated carbocycles. The minimum Gasteiger partial charge on any atom is -0.380 e. The van der Waals surface area contributed by atoms with E-state index < -0.39 is 17.3 Å². The molecule has 210 valence electrons. The summed E-state index contributed by atoms with van der Waals surface area (Å²) in [7, 11) is 0. The molecular formula is C30H38ClFN4O3. The van der Waals surface area contributed by atoms with Gasteiger partial charge in [0.1, 0.15) is 17.7 Å². The van der Waals surface area contributed by atoms with E-state index in [4.69, 9.17) is 21.3 Å². The number of H-pyrrole nitrogens is 1. The number of benzene rings is 2. The number of amides is 2. The highest BCUT2D eigenvalue weighted by molar-refractivity contribution is 6.31. The first-order valence-corrected chi connectivity index (χ1v) is 14.0. The Morgan fingerprint density at radius 3 is 2.59 bits per heavy atom. The normalized spacial score (nSPS) is 19.0. The molecule has 9 heteroatoms. The van der Waals surface area contributed by atoms with Gasteiger partial charge in [-0.3, -0.25) is 9.59 Å². The second-order valence-corrected chi connectivity index (χ2v) is 11.5. The standard InChI is InChI=1S/C30H38ClFN4O3/c1-6-33-28(37)27(18(4)5)36-29(38)30(12-13-39-16-30)19-10-11-23-24(14-19)35-25(34-23)15-21(17(2)3)20-8-7-9-22(32)26(20)31/h7-11,14,17-18,21,27H,6,12-13,15-16H2,1-5H3,(H,33,37)(H,34,35)(H,36,38)/t21?,27-,30?/m1/s1. The quantitative estimate of drug-likeness (QED) is 0.317. The Balaban J connectivity index is 1.63. The highest BCUT2D eigenvalue weighted by Gasteiger charge is 2.45. The van der Waals surface area contributed by atoms with Gasteiger partial charge >= 0.3 is 0 Å². The summed E-state index contributed by atoms with van der Waals surface area (Å²) in [5.74, 6) is 0.0245. The smallest absolute Gasteiger partial charge is 0.242 e. The SMILES string of the molecule is CCNC(=O)[C@H](NC(=O)C1(c2ccc3nc(CC(c4cccc(F)c4Cl)C(C)C)[nH]c3c2)CCOC1)C(C)C. The van der Waals surface area contributed by atoms with Gasteiger partial charge < -0.3 is 20.4 Å². The van der Waals surface area contributed by atoms with Crippen molar-refractivity contribution >= 4 is 34.4 Å². The molecule has 1 aliphatic heterocycles. The van der Waals surface area contributed by atoms with Gasteiger partial charge in [0, 0.05) is 19.6 Å². The molecule has 0 radical (unpaired) electrons. The molecule has 39 heavy (non-hydrogen) atoms. The van der Waals surface area contributed by atoms with E-state index in [1.807, 2.05) is 45.0 Å². The van der Waals surface area contributed by atoms with E-state index in [1.165, 1.54) is 6.07 Å². The number of rotatable bonds is 10. The topological polar surface area (TPSA) is 96.1 Å². The number of ether oxygens (including phenoxy) is 1. The summed E-state index contributed by atoms with van der Waals surface area (Å²) in [6, 6.07) is 10.0. The van der Waals surface area contributed by atoms with Crippen molar-refractivity contribution in [1.82, 2.24) is 20.6 Å². The third-order valence-corrected chi connectivity index (χ3v) is 8.12. The van der Waals surface area contributed by atoms with Gasteiger partial charge in [-0.05, 0) is 60.4 Å². The Morgan fingerprint density at radius 2 is 1.95 bits per heavy atom. The van der Waals surface area contributed by atoms with Crippen molar-refractivity contribution in [3.63, 3.8) is 0 Å². The fourth-order valence-corrected chi connectivity index (χ4v) is 5.64. The Kier molecular flexibility index (Phi) is 8.96. The van der Waals surface area contributed by atoms with Crippen LogP contribution >= 0.6 is 11.6 Å². The fourth-order valence-electron chi connectivity index (χ4n) is 5.38. The zero-order valence-corrected chi connectivity index (χ0v) is 24.0. The number of fused-ring (bicyclic) bond motifs is 1. The van der Waals surface area contributed by atoms with Crippen LogP contribution in [0.25, 0.3) is 11.0 Å². The molecule has 0 aliphatic carbocycles. The molecule has 1 aliphatic rings. The number of aromatic amines is 1. The zero-order chi connectivity index (χ0) is 28.3. The van der Waals surface area contributed by atoms with Crippen LogP contribution in [0.2, 0.25) is 5.02 Å². The number of imidazole rings is 1. The van der Waals surface area contributed by atoms with Crippen molar-refractivity contribution in [1.29, 1.82) is 0 Å². The molecule has 3 N–H and O–H groups in total. The number of carbonyl (C=O) groups is 2. The monoisotopic (exact) mass is 556 g/mol. The van der Waals surface area contributed by atoms with Crippen molar-refractivity contribution in [2.75, 3.05) is 19.8 Å². The molecule has 2 unspecified atom stereocenters. The minimum absolute atomic E-state index is 0.0316. The Labute approximate surface area is 234 Å². The molecule has 0 bridgehead atoms. The lowest BCUT2D eigenvalue weighted by Crippen LogP contribution is -2.55. The number of nitrogens with zero attached hydrogens (tertiary/aromatic N) is 1. The predicted octanol–water partition coefficient (Wildman–Crippen LogP) is 5.27. The maximum absolute atomic E-state index is 14.2. The molecule has 2 amide bonds. The van der Waals surface area contributed by atoms with E-state index >= 15 is 0 Å². The fraction of sp³-hybridized carbons (Fsp3) is 0.500. The number of halogens is 2. The van der Waals surface area contributed by atoms with Gasteiger partial charge in [-0.15, -0.1) is 0 Å². The zero-order valence-electron chi connectivity index (χ0n) is 23.2.